The Hall–Kier alpha value is -2.95. The lowest BCUT2D eigenvalue weighted by molar-refractivity contribution is 0.262. The lowest BCUT2D eigenvalue weighted by Crippen LogP contribution is -2.22. The van der Waals surface area contributed by atoms with Crippen molar-refractivity contribution in [3.05, 3.63) is 48.5 Å². The standard InChI is InChI=1S/C19H17ClN2O10S3/c20-5-6-33(25,26)17-4-2-1-3-14(17)21-19(24)22-15-9-12(34(27,28)29)7-11-8-13(35(30,31)32)10-16(23)18(11)15/h1-4,7-10,23H,5-6H2,(H2,21,22,24)(H,27,28,29)(H,30,31,32). The van der Waals surface area contributed by atoms with Crippen molar-refractivity contribution in [2.24, 2.45) is 0 Å². The van der Waals surface area contributed by atoms with Gasteiger partial charge >= 0.3 is 6.03 Å². The van der Waals surface area contributed by atoms with E-state index >= 15 is 0 Å². The van der Waals surface area contributed by atoms with Crippen LogP contribution in [0.15, 0.2) is 63.2 Å². The Bertz CT molecular complexity index is 1650. The molecule has 188 valence electrons. The first-order valence-corrected chi connectivity index (χ1v) is 14.4. The van der Waals surface area contributed by atoms with Gasteiger partial charge in [-0.3, -0.25) is 9.11 Å². The number of anilines is 2. The van der Waals surface area contributed by atoms with Gasteiger partial charge in [-0.05, 0) is 35.7 Å². The summed E-state index contributed by atoms with van der Waals surface area (Å²) in [4.78, 5) is 10.9. The van der Waals surface area contributed by atoms with E-state index in [1.165, 1.54) is 24.3 Å². The molecule has 0 heterocycles. The Kier molecular flexibility index (Phi) is 7.31. The minimum atomic E-state index is -4.86. The summed E-state index contributed by atoms with van der Waals surface area (Å²) in [7, 11) is -13.5. The summed E-state index contributed by atoms with van der Waals surface area (Å²) in [5.74, 6) is -1.35. The van der Waals surface area contributed by atoms with Crippen LogP contribution in [0, 0.1) is 0 Å². The van der Waals surface area contributed by atoms with Crippen molar-refractivity contribution in [2.75, 3.05) is 22.3 Å². The van der Waals surface area contributed by atoms with E-state index < -0.39 is 57.4 Å². The second-order valence-electron chi connectivity index (χ2n) is 7.04. The van der Waals surface area contributed by atoms with Crippen LogP contribution >= 0.6 is 11.6 Å². The van der Waals surface area contributed by atoms with Crippen LogP contribution in [0.25, 0.3) is 10.8 Å². The predicted octanol–water partition coefficient (Wildman–Crippen LogP) is 2.70. The number of hydrogen-bond acceptors (Lipinski definition) is 8. The van der Waals surface area contributed by atoms with Gasteiger partial charge in [0.05, 0.1) is 31.8 Å². The first-order valence-electron chi connectivity index (χ1n) is 9.35. The van der Waals surface area contributed by atoms with Crippen LogP contribution in [0.3, 0.4) is 0 Å². The fraction of sp³-hybridized carbons (Fsp3) is 0.105. The maximum atomic E-state index is 12.7. The number of sulfone groups is 1. The van der Waals surface area contributed by atoms with Crippen molar-refractivity contribution < 1.29 is 44.3 Å². The monoisotopic (exact) mass is 564 g/mol. The van der Waals surface area contributed by atoms with Gasteiger partial charge in [-0.25, -0.2) is 13.2 Å². The number of halogens is 1. The number of urea groups is 1. The van der Waals surface area contributed by atoms with Gasteiger partial charge in [-0.2, -0.15) is 16.8 Å². The number of hydrogen-bond donors (Lipinski definition) is 5. The molecule has 2 amide bonds. The Morgan fingerprint density at radius 3 is 1.94 bits per heavy atom. The summed E-state index contributed by atoms with van der Waals surface area (Å²) in [6, 6.07) is 7.45. The molecule has 5 N–H and O–H groups in total. The largest absolute Gasteiger partial charge is 0.507 e. The molecule has 0 fully saturated rings. The number of phenols is 1. The Morgan fingerprint density at radius 1 is 0.829 bits per heavy atom. The fourth-order valence-electron chi connectivity index (χ4n) is 3.16. The fourth-order valence-corrected chi connectivity index (χ4v) is 6.02. The minimum absolute atomic E-state index is 0.122. The van der Waals surface area contributed by atoms with E-state index in [2.05, 4.69) is 10.6 Å². The number of carbonyl (C=O) groups excluding carboxylic acids is 1. The molecule has 0 saturated carbocycles. The highest BCUT2D eigenvalue weighted by molar-refractivity contribution is 7.91. The van der Waals surface area contributed by atoms with Gasteiger partial charge in [0, 0.05) is 17.3 Å². The van der Waals surface area contributed by atoms with E-state index in [-0.39, 0.29) is 32.9 Å². The SMILES string of the molecule is O=C(Nc1ccccc1S(=O)(=O)CCCl)Nc1cc(S(=O)(=O)O)cc2cc(S(=O)(=O)O)cc(O)c12. The van der Waals surface area contributed by atoms with E-state index in [4.69, 9.17) is 11.6 Å². The molecule has 0 aliphatic carbocycles. The van der Waals surface area contributed by atoms with Gasteiger partial charge < -0.3 is 15.7 Å². The highest BCUT2D eigenvalue weighted by Crippen LogP contribution is 2.37. The zero-order valence-electron chi connectivity index (χ0n) is 17.3. The van der Waals surface area contributed by atoms with Crippen LogP contribution in [-0.4, -0.2) is 57.1 Å². The van der Waals surface area contributed by atoms with Crippen molar-refractivity contribution in [1.29, 1.82) is 0 Å². The molecule has 0 radical (unpaired) electrons. The van der Waals surface area contributed by atoms with Crippen molar-refractivity contribution in [2.45, 2.75) is 14.7 Å². The molecule has 35 heavy (non-hydrogen) atoms. The van der Waals surface area contributed by atoms with Crippen LogP contribution in [0.1, 0.15) is 0 Å². The third-order valence-electron chi connectivity index (χ3n) is 4.64. The Labute approximate surface area is 205 Å². The molecule has 12 nitrogen and oxygen atoms in total. The first-order chi connectivity index (χ1) is 16.1. The van der Waals surface area contributed by atoms with E-state index in [0.717, 1.165) is 18.2 Å². The molecular weight excluding hydrogens is 548 g/mol. The number of amides is 2. The Balaban J connectivity index is 2.10. The molecule has 3 aromatic carbocycles. The lowest BCUT2D eigenvalue weighted by atomic mass is 10.1. The van der Waals surface area contributed by atoms with Crippen LogP contribution in [-0.2, 0) is 30.1 Å². The number of phenolic OH excluding ortho intramolecular Hbond substituents is 1. The van der Waals surface area contributed by atoms with E-state index in [0.29, 0.717) is 6.07 Å². The summed E-state index contributed by atoms with van der Waals surface area (Å²) >= 11 is 5.54. The first kappa shape index (κ1) is 26.7. The molecular formula is C19H17ClN2O10S3. The minimum Gasteiger partial charge on any atom is -0.507 e. The number of rotatable bonds is 7. The Morgan fingerprint density at radius 2 is 1.37 bits per heavy atom. The third kappa shape index (κ3) is 6.01. The summed E-state index contributed by atoms with van der Waals surface area (Å²) in [6.45, 7) is 0. The maximum absolute atomic E-state index is 12.7. The van der Waals surface area contributed by atoms with Gasteiger partial charge in [-0.15, -0.1) is 11.6 Å². The quantitative estimate of drug-likeness (QED) is 0.209. The highest BCUT2D eigenvalue weighted by Gasteiger charge is 2.22. The topological polar surface area (TPSA) is 204 Å². The van der Waals surface area contributed by atoms with Gasteiger partial charge in [0.2, 0.25) is 0 Å². The molecule has 3 aromatic rings. The molecule has 0 aromatic heterocycles. The average Bonchev–Trinajstić information content (AvgIpc) is 2.72. The van der Waals surface area contributed by atoms with Crippen LogP contribution in [0.5, 0.6) is 5.75 Å². The van der Waals surface area contributed by atoms with E-state index in [1.54, 1.807) is 0 Å². The number of fused-ring (bicyclic) bond motifs is 1. The molecule has 0 unspecified atom stereocenters. The molecule has 0 aliphatic heterocycles. The van der Waals surface area contributed by atoms with Crippen molar-refractivity contribution in [3.63, 3.8) is 0 Å². The highest BCUT2D eigenvalue weighted by atomic mass is 35.5. The zero-order chi connectivity index (χ0) is 26.2. The maximum Gasteiger partial charge on any atom is 0.323 e. The van der Waals surface area contributed by atoms with Gasteiger partial charge in [0.1, 0.15) is 5.75 Å². The second kappa shape index (κ2) is 9.60. The normalized spacial score (nSPS) is 12.4. The predicted molar refractivity (Wildman–Crippen MR) is 127 cm³/mol. The van der Waals surface area contributed by atoms with Crippen molar-refractivity contribution in [1.82, 2.24) is 0 Å². The third-order valence-corrected chi connectivity index (χ3v) is 8.48. The smallest absolute Gasteiger partial charge is 0.323 e. The van der Waals surface area contributed by atoms with Crippen LogP contribution < -0.4 is 10.6 Å². The number of benzene rings is 3. The molecule has 0 aliphatic rings. The second-order valence-corrected chi connectivity index (χ2v) is 12.3. The van der Waals surface area contributed by atoms with Crippen LogP contribution in [0.2, 0.25) is 0 Å². The molecule has 16 heteroatoms. The zero-order valence-corrected chi connectivity index (χ0v) is 20.5. The van der Waals surface area contributed by atoms with Gasteiger partial charge in [0.25, 0.3) is 20.2 Å². The van der Waals surface area contributed by atoms with Gasteiger partial charge in [-0.1, -0.05) is 12.1 Å². The molecule has 0 saturated heterocycles. The van der Waals surface area contributed by atoms with Crippen molar-refractivity contribution >= 4 is 69.9 Å². The summed E-state index contributed by atoms with van der Waals surface area (Å²) in [6.07, 6.45) is 0. The molecule has 0 bridgehead atoms. The average molecular weight is 565 g/mol. The van der Waals surface area contributed by atoms with Gasteiger partial charge in [0.15, 0.2) is 9.84 Å². The van der Waals surface area contributed by atoms with E-state index in [1.807, 2.05) is 0 Å². The van der Waals surface area contributed by atoms with Crippen molar-refractivity contribution in [3.8, 4) is 5.75 Å². The summed E-state index contributed by atoms with van der Waals surface area (Å²) < 4.78 is 89.9. The number of alkyl halides is 1. The molecule has 0 spiro atoms. The number of para-hydroxylation sites is 1. The summed E-state index contributed by atoms with van der Waals surface area (Å²) in [5.41, 5.74) is -0.503. The number of nitrogens with one attached hydrogen (secondary N) is 2. The molecule has 0 atom stereocenters. The lowest BCUT2D eigenvalue weighted by Gasteiger charge is -2.15. The summed E-state index contributed by atoms with van der Waals surface area (Å²) in [5, 5.41) is 14.4. The van der Waals surface area contributed by atoms with Crippen LogP contribution in [0.4, 0.5) is 16.2 Å². The van der Waals surface area contributed by atoms with E-state index in [9.17, 15) is 44.3 Å². The number of carbonyl (C=O) groups is 1. The number of aromatic hydroxyl groups is 1. The molecule has 3 rings (SSSR count).